The van der Waals surface area contributed by atoms with Crippen molar-refractivity contribution in [2.75, 3.05) is 5.43 Å². The molecule has 5 nitrogen and oxygen atoms in total. The van der Waals surface area contributed by atoms with E-state index in [1.54, 1.807) is 12.1 Å². The quantitative estimate of drug-likeness (QED) is 0.441. The molecule has 0 fully saturated rings. The number of amidine groups is 1. The van der Waals surface area contributed by atoms with Crippen molar-refractivity contribution in [1.82, 2.24) is 0 Å². The van der Waals surface area contributed by atoms with Gasteiger partial charge in [-0.25, -0.2) is 0 Å². The molecule has 76 valence electrons. The summed E-state index contributed by atoms with van der Waals surface area (Å²) in [6.45, 7) is 0. The Morgan fingerprint density at radius 2 is 2.20 bits per heavy atom. The Balaban J connectivity index is 2.85. The van der Waals surface area contributed by atoms with E-state index < -0.39 is 0 Å². The summed E-state index contributed by atoms with van der Waals surface area (Å²) in [7, 11) is 0. The molecule has 0 spiro atoms. The Hall–Kier alpha value is -1.87. The van der Waals surface area contributed by atoms with Crippen molar-refractivity contribution >= 4 is 33.2 Å². The van der Waals surface area contributed by atoms with Gasteiger partial charge in [0.1, 0.15) is 6.07 Å². The third kappa shape index (κ3) is 3.07. The fourth-order valence-electron chi connectivity index (χ4n) is 0.813. The topological polar surface area (TPSA) is 98.0 Å². The van der Waals surface area contributed by atoms with E-state index in [1.807, 2.05) is 18.2 Å². The van der Waals surface area contributed by atoms with Crippen LogP contribution in [-0.2, 0) is 0 Å². The van der Waals surface area contributed by atoms with Crippen LogP contribution >= 0.6 is 15.9 Å². The minimum absolute atomic E-state index is 0.147. The van der Waals surface area contributed by atoms with Gasteiger partial charge in [0.15, 0.2) is 5.84 Å². The van der Waals surface area contributed by atoms with Gasteiger partial charge in [0.05, 0.1) is 5.69 Å². The SMILES string of the molecule is N#C/C(=N\Nc1ccccc1Br)C(=N)N. The van der Waals surface area contributed by atoms with Gasteiger partial charge in [-0.3, -0.25) is 10.8 Å². The summed E-state index contributed by atoms with van der Waals surface area (Å²) in [5.74, 6) is -0.364. The monoisotopic (exact) mass is 265 g/mol. The number of nitrogens with one attached hydrogen (secondary N) is 2. The zero-order valence-electron chi connectivity index (χ0n) is 7.66. The predicted octanol–water partition coefficient (Wildman–Crippen LogP) is 1.68. The molecule has 0 aromatic heterocycles. The highest BCUT2D eigenvalue weighted by Gasteiger charge is 2.01. The standard InChI is InChI=1S/C9H8BrN5/c10-6-3-1-2-4-7(6)14-15-8(5-11)9(12)13/h1-4,14H,(H3,12,13)/b15-8+. The molecule has 0 aliphatic heterocycles. The van der Waals surface area contributed by atoms with Crippen molar-refractivity contribution in [3.8, 4) is 6.07 Å². The van der Waals surface area contributed by atoms with Crippen molar-refractivity contribution in [2.45, 2.75) is 0 Å². The molecule has 0 saturated carbocycles. The van der Waals surface area contributed by atoms with Gasteiger partial charge in [0.25, 0.3) is 0 Å². The van der Waals surface area contributed by atoms with E-state index in [9.17, 15) is 0 Å². The first-order valence-corrected chi connectivity index (χ1v) is 4.77. The van der Waals surface area contributed by atoms with Crippen LogP contribution < -0.4 is 11.2 Å². The lowest BCUT2D eigenvalue weighted by Gasteiger charge is -2.02. The summed E-state index contributed by atoms with van der Waals surface area (Å²) >= 11 is 3.31. The molecule has 0 aliphatic rings. The lowest BCUT2D eigenvalue weighted by atomic mass is 10.3. The van der Waals surface area contributed by atoms with Crippen LogP contribution in [0.4, 0.5) is 5.69 Å². The molecule has 0 amide bonds. The first-order chi connectivity index (χ1) is 7.15. The van der Waals surface area contributed by atoms with E-state index >= 15 is 0 Å². The zero-order valence-corrected chi connectivity index (χ0v) is 9.25. The second-order valence-electron chi connectivity index (χ2n) is 2.58. The van der Waals surface area contributed by atoms with Crippen molar-refractivity contribution in [1.29, 1.82) is 10.7 Å². The molecular formula is C9H8BrN5. The third-order valence-corrected chi connectivity index (χ3v) is 2.21. The fourth-order valence-corrected chi connectivity index (χ4v) is 1.19. The summed E-state index contributed by atoms with van der Waals surface area (Å²) in [5.41, 5.74) is 8.32. The predicted molar refractivity (Wildman–Crippen MR) is 62.7 cm³/mol. The fraction of sp³-hybridized carbons (Fsp3) is 0. The van der Waals surface area contributed by atoms with Crippen LogP contribution in [0.15, 0.2) is 33.8 Å². The largest absolute Gasteiger partial charge is 0.382 e. The molecule has 0 radical (unpaired) electrons. The van der Waals surface area contributed by atoms with E-state index in [1.165, 1.54) is 0 Å². The number of hydrazone groups is 1. The molecule has 0 heterocycles. The molecule has 0 atom stereocenters. The van der Waals surface area contributed by atoms with E-state index in [-0.39, 0.29) is 11.5 Å². The molecule has 0 unspecified atom stereocenters. The van der Waals surface area contributed by atoms with Crippen LogP contribution in [0, 0.1) is 16.7 Å². The molecule has 4 N–H and O–H groups in total. The zero-order chi connectivity index (χ0) is 11.3. The summed E-state index contributed by atoms with van der Waals surface area (Å²) < 4.78 is 0.814. The van der Waals surface area contributed by atoms with Gasteiger partial charge in [0.2, 0.25) is 5.71 Å². The lowest BCUT2D eigenvalue weighted by Crippen LogP contribution is -2.21. The van der Waals surface area contributed by atoms with Crippen molar-refractivity contribution < 1.29 is 0 Å². The van der Waals surface area contributed by atoms with Crippen molar-refractivity contribution in [3.63, 3.8) is 0 Å². The summed E-state index contributed by atoms with van der Waals surface area (Å²) in [6.07, 6.45) is 0. The van der Waals surface area contributed by atoms with Gasteiger partial charge >= 0.3 is 0 Å². The number of hydrogen-bond acceptors (Lipinski definition) is 4. The number of rotatable bonds is 3. The van der Waals surface area contributed by atoms with Crippen LogP contribution in [0.5, 0.6) is 0 Å². The van der Waals surface area contributed by atoms with Gasteiger partial charge in [0, 0.05) is 4.47 Å². The number of halogens is 1. The van der Waals surface area contributed by atoms with Crippen LogP contribution in [-0.4, -0.2) is 11.5 Å². The van der Waals surface area contributed by atoms with Crippen LogP contribution in [0.25, 0.3) is 0 Å². The number of nitrogens with zero attached hydrogens (tertiary/aromatic N) is 2. The molecule has 1 aromatic rings. The average molecular weight is 266 g/mol. The average Bonchev–Trinajstić information content (AvgIpc) is 2.21. The Morgan fingerprint density at radius 3 is 2.73 bits per heavy atom. The highest BCUT2D eigenvalue weighted by molar-refractivity contribution is 9.10. The van der Waals surface area contributed by atoms with Gasteiger partial charge in [-0.1, -0.05) is 12.1 Å². The molecule has 0 saturated heterocycles. The van der Waals surface area contributed by atoms with Gasteiger partial charge in [-0.05, 0) is 28.1 Å². The number of benzene rings is 1. The molecule has 6 heteroatoms. The van der Waals surface area contributed by atoms with Gasteiger partial charge < -0.3 is 5.73 Å². The van der Waals surface area contributed by atoms with E-state index in [2.05, 4.69) is 26.5 Å². The number of anilines is 1. The highest BCUT2D eigenvalue weighted by atomic mass is 79.9. The molecule has 1 rings (SSSR count). The first kappa shape index (κ1) is 11.2. The Bertz CT molecular complexity index is 446. The summed E-state index contributed by atoms with van der Waals surface area (Å²) in [4.78, 5) is 0. The van der Waals surface area contributed by atoms with E-state index in [0.29, 0.717) is 5.69 Å². The van der Waals surface area contributed by atoms with Crippen molar-refractivity contribution in [3.05, 3.63) is 28.7 Å². The molecule has 0 aliphatic carbocycles. The minimum Gasteiger partial charge on any atom is -0.382 e. The van der Waals surface area contributed by atoms with Gasteiger partial charge in [-0.15, -0.1) is 0 Å². The summed E-state index contributed by atoms with van der Waals surface area (Å²) in [6, 6.07) is 9.00. The molecule has 0 bridgehead atoms. The van der Waals surface area contributed by atoms with Crippen LogP contribution in [0.1, 0.15) is 0 Å². The van der Waals surface area contributed by atoms with Crippen LogP contribution in [0.2, 0.25) is 0 Å². The minimum atomic E-state index is -0.364. The molecule has 15 heavy (non-hydrogen) atoms. The normalized spacial score (nSPS) is 10.5. The molecule has 1 aromatic carbocycles. The Labute approximate surface area is 95.2 Å². The second-order valence-corrected chi connectivity index (χ2v) is 3.43. The number of nitriles is 1. The van der Waals surface area contributed by atoms with E-state index in [4.69, 9.17) is 16.4 Å². The summed E-state index contributed by atoms with van der Waals surface area (Å²) in [5, 5.41) is 19.3. The van der Waals surface area contributed by atoms with Gasteiger partial charge in [-0.2, -0.15) is 10.4 Å². The Kier molecular flexibility index (Phi) is 3.83. The maximum Gasteiger partial charge on any atom is 0.201 e. The Morgan fingerprint density at radius 1 is 1.53 bits per heavy atom. The smallest absolute Gasteiger partial charge is 0.201 e. The maximum atomic E-state index is 8.59. The molecular weight excluding hydrogens is 258 g/mol. The van der Waals surface area contributed by atoms with E-state index in [0.717, 1.165) is 4.47 Å². The second kappa shape index (κ2) is 5.12. The third-order valence-electron chi connectivity index (χ3n) is 1.52. The number of para-hydroxylation sites is 1. The first-order valence-electron chi connectivity index (χ1n) is 3.98. The highest BCUT2D eigenvalue weighted by Crippen LogP contribution is 2.20. The number of nitrogens with two attached hydrogens (primary N) is 1. The van der Waals surface area contributed by atoms with Crippen LogP contribution in [0.3, 0.4) is 0 Å². The lowest BCUT2D eigenvalue weighted by molar-refractivity contribution is 1.32. The maximum absolute atomic E-state index is 8.59. The number of hydrogen-bond donors (Lipinski definition) is 3. The van der Waals surface area contributed by atoms with Crippen molar-refractivity contribution in [2.24, 2.45) is 10.8 Å².